The van der Waals surface area contributed by atoms with E-state index in [0.717, 1.165) is 6.54 Å². The molecule has 0 heterocycles. The van der Waals surface area contributed by atoms with Crippen LogP contribution in [-0.2, 0) is 9.84 Å². The Morgan fingerprint density at radius 2 is 1.75 bits per heavy atom. The first-order chi connectivity index (χ1) is 11.1. The van der Waals surface area contributed by atoms with E-state index < -0.39 is 9.84 Å². The summed E-state index contributed by atoms with van der Waals surface area (Å²) in [6, 6.07) is 5.71. The Bertz CT molecular complexity index is 630. The lowest BCUT2D eigenvalue weighted by atomic mass is 10.3. The summed E-state index contributed by atoms with van der Waals surface area (Å²) in [6.45, 7) is 5.09. The fraction of sp³-hybridized carbons (Fsp3) is 0.562. The summed E-state index contributed by atoms with van der Waals surface area (Å²) in [6.07, 6.45) is 0. The summed E-state index contributed by atoms with van der Waals surface area (Å²) in [4.78, 5) is 16.0. The largest absolute Gasteiger partial charge is 0.337 e. The molecule has 0 saturated heterocycles. The average Bonchev–Trinajstić information content (AvgIpc) is 2.47. The monoisotopic (exact) mass is 375 g/mol. The summed E-state index contributed by atoms with van der Waals surface area (Å²) in [5, 5.41) is 3.30. The topological polar surface area (TPSA) is 69.7 Å². The number of halogens is 1. The van der Waals surface area contributed by atoms with Crippen LogP contribution >= 0.6 is 11.6 Å². The second kappa shape index (κ2) is 9.25. The highest BCUT2D eigenvalue weighted by Gasteiger charge is 2.21. The van der Waals surface area contributed by atoms with Gasteiger partial charge in [-0.05, 0) is 52.2 Å². The molecule has 1 N–H and O–H groups in total. The van der Waals surface area contributed by atoms with Crippen molar-refractivity contribution in [1.29, 1.82) is 0 Å². The summed E-state index contributed by atoms with van der Waals surface area (Å²) in [7, 11) is 0.382. The number of hydrogen-bond acceptors (Lipinski definition) is 4. The summed E-state index contributed by atoms with van der Waals surface area (Å²) in [5.41, 5.74) is 0. The Labute approximate surface area is 149 Å². The average molecular weight is 376 g/mol. The second-order valence-electron chi connectivity index (χ2n) is 6.10. The van der Waals surface area contributed by atoms with E-state index in [9.17, 15) is 13.2 Å². The lowest BCUT2D eigenvalue weighted by molar-refractivity contribution is 0.186. The second-order valence-corrected chi connectivity index (χ2v) is 8.64. The van der Waals surface area contributed by atoms with E-state index in [1.807, 2.05) is 32.8 Å². The third-order valence-corrected chi connectivity index (χ3v) is 5.46. The van der Waals surface area contributed by atoms with Gasteiger partial charge in [0.1, 0.15) is 0 Å². The smallest absolute Gasteiger partial charge is 0.317 e. The number of nitrogens with one attached hydrogen (secondary N) is 1. The van der Waals surface area contributed by atoms with Crippen LogP contribution in [0.3, 0.4) is 0 Å². The van der Waals surface area contributed by atoms with Gasteiger partial charge < -0.3 is 15.1 Å². The van der Waals surface area contributed by atoms with Crippen LogP contribution in [-0.4, -0.2) is 69.8 Å². The molecule has 0 fully saturated rings. The van der Waals surface area contributed by atoms with Crippen molar-refractivity contribution in [3.63, 3.8) is 0 Å². The van der Waals surface area contributed by atoms with Gasteiger partial charge in [0, 0.05) is 30.7 Å². The van der Waals surface area contributed by atoms with E-state index in [1.54, 1.807) is 12.1 Å². The van der Waals surface area contributed by atoms with E-state index in [4.69, 9.17) is 11.6 Å². The molecule has 0 unspecified atom stereocenters. The molecule has 1 aromatic carbocycles. The molecule has 0 aliphatic rings. The fourth-order valence-corrected chi connectivity index (χ4v) is 3.41. The van der Waals surface area contributed by atoms with Crippen molar-refractivity contribution in [2.24, 2.45) is 0 Å². The number of amides is 2. The zero-order chi connectivity index (χ0) is 18.3. The molecular formula is C16H26ClN3O3S. The molecule has 24 heavy (non-hydrogen) atoms. The number of sulfone groups is 1. The van der Waals surface area contributed by atoms with Gasteiger partial charge in [-0.3, -0.25) is 0 Å². The van der Waals surface area contributed by atoms with Crippen molar-refractivity contribution in [3.8, 4) is 0 Å². The Hall–Kier alpha value is -1.31. The van der Waals surface area contributed by atoms with Crippen LogP contribution in [0.5, 0.6) is 0 Å². The zero-order valence-corrected chi connectivity index (χ0v) is 16.2. The molecule has 2 amide bonds. The summed E-state index contributed by atoms with van der Waals surface area (Å²) in [5.74, 6) is -0.131. The third kappa shape index (κ3) is 6.67. The molecule has 0 aliphatic carbocycles. The fourth-order valence-electron chi connectivity index (χ4n) is 2.06. The van der Waals surface area contributed by atoms with Gasteiger partial charge in [-0.15, -0.1) is 0 Å². The van der Waals surface area contributed by atoms with Gasteiger partial charge in [0.05, 0.1) is 10.6 Å². The number of nitrogens with zero attached hydrogens (tertiary/aromatic N) is 2. The van der Waals surface area contributed by atoms with Gasteiger partial charge in [0.15, 0.2) is 9.84 Å². The molecule has 0 atom stereocenters. The Morgan fingerprint density at radius 3 is 2.25 bits per heavy atom. The van der Waals surface area contributed by atoms with Crippen molar-refractivity contribution >= 4 is 27.5 Å². The van der Waals surface area contributed by atoms with Gasteiger partial charge >= 0.3 is 6.03 Å². The normalized spacial score (nSPS) is 11.8. The van der Waals surface area contributed by atoms with E-state index in [-0.39, 0.29) is 29.3 Å². The van der Waals surface area contributed by atoms with Crippen LogP contribution in [0.2, 0.25) is 5.02 Å². The molecular weight excluding hydrogens is 350 g/mol. The van der Waals surface area contributed by atoms with Crippen LogP contribution in [0, 0.1) is 0 Å². The lowest BCUT2D eigenvalue weighted by Crippen LogP contribution is -2.47. The molecule has 0 aromatic heterocycles. The Morgan fingerprint density at radius 1 is 1.17 bits per heavy atom. The Kier molecular flexibility index (Phi) is 7.99. The quantitative estimate of drug-likeness (QED) is 0.755. The first-order valence-corrected chi connectivity index (χ1v) is 9.84. The zero-order valence-electron chi connectivity index (χ0n) is 14.6. The number of carbonyl (C=O) groups is 1. The first-order valence-electron chi connectivity index (χ1n) is 7.81. The third-order valence-electron chi connectivity index (χ3n) is 3.49. The maximum absolute atomic E-state index is 12.4. The standard InChI is InChI=1S/C16H26ClN3O3S/c1-13(2)20(16(21)18-9-10-19(3)4)11-12-24(22,23)15-7-5-14(17)6-8-15/h5-8,13H,9-12H2,1-4H3,(H,18,21). The lowest BCUT2D eigenvalue weighted by Gasteiger charge is -2.27. The molecule has 136 valence electrons. The highest BCUT2D eigenvalue weighted by atomic mass is 35.5. The van der Waals surface area contributed by atoms with Gasteiger partial charge in [-0.2, -0.15) is 0 Å². The van der Waals surface area contributed by atoms with Crippen LogP contribution in [0.15, 0.2) is 29.2 Å². The van der Waals surface area contributed by atoms with Crippen molar-refractivity contribution in [2.75, 3.05) is 39.5 Å². The summed E-state index contributed by atoms with van der Waals surface area (Å²) >= 11 is 5.78. The molecule has 0 aliphatic heterocycles. The van der Waals surface area contributed by atoms with Crippen molar-refractivity contribution < 1.29 is 13.2 Å². The van der Waals surface area contributed by atoms with E-state index >= 15 is 0 Å². The molecule has 1 aromatic rings. The summed E-state index contributed by atoms with van der Waals surface area (Å²) < 4.78 is 24.8. The number of urea groups is 1. The van der Waals surface area contributed by atoms with Gasteiger partial charge in [-0.25, -0.2) is 13.2 Å². The highest BCUT2D eigenvalue weighted by molar-refractivity contribution is 7.91. The minimum atomic E-state index is -3.46. The van der Waals surface area contributed by atoms with Crippen LogP contribution in [0.25, 0.3) is 0 Å². The number of benzene rings is 1. The number of likely N-dealkylation sites (N-methyl/N-ethyl adjacent to an activating group) is 1. The molecule has 0 spiro atoms. The molecule has 0 saturated carbocycles. The van der Waals surface area contributed by atoms with Crippen molar-refractivity contribution in [1.82, 2.24) is 15.1 Å². The van der Waals surface area contributed by atoms with E-state index in [2.05, 4.69) is 5.32 Å². The SMILES string of the molecule is CC(C)N(CCS(=O)(=O)c1ccc(Cl)cc1)C(=O)NCCN(C)C. The van der Waals surface area contributed by atoms with E-state index in [0.29, 0.717) is 11.6 Å². The minimum absolute atomic E-state index is 0.0928. The molecule has 0 bridgehead atoms. The van der Waals surface area contributed by atoms with Crippen LogP contribution in [0.4, 0.5) is 4.79 Å². The Balaban J connectivity index is 2.68. The number of rotatable bonds is 8. The molecule has 0 radical (unpaired) electrons. The predicted molar refractivity (Wildman–Crippen MR) is 97.3 cm³/mol. The van der Waals surface area contributed by atoms with Crippen molar-refractivity contribution in [3.05, 3.63) is 29.3 Å². The van der Waals surface area contributed by atoms with Crippen molar-refractivity contribution in [2.45, 2.75) is 24.8 Å². The number of carbonyl (C=O) groups excluding carboxylic acids is 1. The van der Waals surface area contributed by atoms with Crippen LogP contribution < -0.4 is 5.32 Å². The maximum atomic E-state index is 12.4. The van der Waals surface area contributed by atoms with Gasteiger partial charge in [0.25, 0.3) is 0 Å². The maximum Gasteiger partial charge on any atom is 0.317 e. The predicted octanol–water partition coefficient (Wildman–Crippen LogP) is 2.10. The molecule has 6 nitrogen and oxygen atoms in total. The van der Waals surface area contributed by atoms with Crippen LogP contribution in [0.1, 0.15) is 13.8 Å². The highest BCUT2D eigenvalue weighted by Crippen LogP contribution is 2.16. The van der Waals surface area contributed by atoms with Gasteiger partial charge in [-0.1, -0.05) is 11.6 Å². The van der Waals surface area contributed by atoms with E-state index in [1.165, 1.54) is 17.0 Å². The molecule has 1 rings (SSSR count). The first kappa shape index (κ1) is 20.7. The molecule has 8 heteroatoms. The van der Waals surface area contributed by atoms with Gasteiger partial charge in [0.2, 0.25) is 0 Å². The minimum Gasteiger partial charge on any atom is -0.337 e. The number of hydrogen-bond donors (Lipinski definition) is 1.